The molecular formula is C14H26N2O2. The molecule has 18 heavy (non-hydrogen) atoms. The Labute approximate surface area is 110 Å². The first kappa shape index (κ1) is 13.7. The van der Waals surface area contributed by atoms with Crippen molar-refractivity contribution in [1.82, 2.24) is 10.6 Å². The summed E-state index contributed by atoms with van der Waals surface area (Å²) in [5, 5.41) is 6.44. The van der Waals surface area contributed by atoms with Gasteiger partial charge in [0, 0.05) is 6.04 Å². The Bertz CT molecular complexity index is 303. The fourth-order valence-electron chi connectivity index (χ4n) is 3.22. The summed E-state index contributed by atoms with van der Waals surface area (Å²) in [6.45, 7) is 7.94. The van der Waals surface area contributed by atoms with Gasteiger partial charge in [0.15, 0.2) is 0 Å². The lowest BCUT2D eigenvalue weighted by molar-refractivity contribution is 0.0501. The van der Waals surface area contributed by atoms with Gasteiger partial charge in [-0.1, -0.05) is 0 Å². The van der Waals surface area contributed by atoms with Gasteiger partial charge in [0.05, 0.1) is 0 Å². The highest BCUT2D eigenvalue weighted by molar-refractivity contribution is 5.68. The minimum Gasteiger partial charge on any atom is -0.444 e. The Kier molecular flexibility index (Phi) is 3.85. The van der Waals surface area contributed by atoms with E-state index >= 15 is 0 Å². The van der Waals surface area contributed by atoms with Gasteiger partial charge < -0.3 is 15.4 Å². The highest BCUT2D eigenvalue weighted by Crippen LogP contribution is 2.44. The van der Waals surface area contributed by atoms with Gasteiger partial charge in [0.25, 0.3) is 0 Å². The van der Waals surface area contributed by atoms with Crippen molar-refractivity contribution in [2.75, 3.05) is 13.1 Å². The molecule has 0 aromatic heterocycles. The molecule has 0 aromatic rings. The zero-order valence-corrected chi connectivity index (χ0v) is 11.8. The number of nitrogens with one attached hydrogen (secondary N) is 2. The summed E-state index contributed by atoms with van der Waals surface area (Å²) < 4.78 is 5.31. The fourth-order valence-corrected chi connectivity index (χ4v) is 3.22. The zero-order chi connectivity index (χ0) is 13.2. The van der Waals surface area contributed by atoms with Crippen LogP contribution >= 0.6 is 0 Å². The molecule has 0 aromatic carbocycles. The number of piperidine rings is 1. The highest BCUT2D eigenvalue weighted by Gasteiger charge is 2.40. The third kappa shape index (κ3) is 3.61. The summed E-state index contributed by atoms with van der Waals surface area (Å²) >= 11 is 0. The minimum absolute atomic E-state index is 0.265. The molecule has 104 valence electrons. The van der Waals surface area contributed by atoms with Gasteiger partial charge in [0.1, 0.15) is 5.60 Å². The molecule has 4 nitrogen and oxygen atoms in total. The third-order valence-corrected chi connectivity index (χ3v) is 4.09. The van der Waals surface area contributed by atoms with Crippen molar-refractivity contribution in [3.8, 4) is 0 Å². The van der Waals surface area contributed by atoms with Crippen LogP contribution in [0.3, 0.4) is 0 Å². The van der Waals surface area contributed by atoms with Gasteiger partial charge in [-0.15, -0.1) is 0 Å². The Morgan fingerprint density at radius 3 is 2.56 bits per heavy atom. The van der Waals surface area contributed by atoms with Gasteiger partial charge in [-0.2, -0.15) is 0 Å². The van der Waals surface area contributed by atoms with E-state index in [2.05, 4.69) is 10.6 Å². The van der Waals surface area contributed by atoms with Crippen LogP contribution in [-0.4, -0.2) is 30.8 Å². The number of hydrogen-bond donors (Lipinski definition) is 2. The first-order chi connectivity index (χ1) is 8.39. The molecule has 2 aliphatic rings. The minimum atomic E-state index is -0.408. The number of hydrogen-bond acceptors (Lipinski definition) is 3. The topological polar surface area (TPSA) is 50.4 Å². The Morgan fingerprint density at radius 1 is 1.28 bits per heavy atom. The molecule has 2 N–H and O–H groups in total. The fraction of sp³-hybridized carbons (Fsp3) is 0.929. The maximum Gasteiger partial charge on any atom is 0.407 e. The van der Waals surface area contributed by atoms with Crippen molar-refractivity contribution >= 4 is 6.09 Å². The molecule has 1 atom stereocenters. The molecule has 1 heterocycles. The smallest absolute Gasteiger partial charge is 0.407 e. The molecule has 1 amide bonds. The highest BCUT2D eigenvalue weighted by atomic mass is 16.6. The lowest BCUT2D eigenvalue weighted by Crippen LogP contribution is -2.40. The van der Waals surface area contributed by atoms with Gasteiger partial charge >= 0.3 is 6.09 Å². The van der Waals surface area contributed by atoms with Crippen molar-refractivity contribution in [1.29, 1.82) is 0 Å². The van der Waals surface area contributed by atoms with E-state index in [1.54, 1.807) is 0 Å². The van der Waals surface area contributed by atoms with Crippen molar-refractivity contribution in [3.63, 3.8) is 0 Å². The van der Waals surface area contributed by atoms with Crippen LogP contribution < -0.4 is 10.6 Å². The number of alkyl carbamates (subject to hydrolysis) is 1. The molecular weight excluding hydrogens is 228 g/mol. The summed E-state index contributed by atoms with van der Waals surface area (Å²) in [6, 6.07) is 0.304. The summed E-state index contributed by atoms with van der Waals surface area (Å²) in [5.74, 6) is 0. The van der Waals surface area contributed by atoms with E-state index < -0.39 is 5.60 Å². The van der Waals surface area contributed by atoms with Gasteiger partial charge in [0.2, 0.25) is 0 Å². The normalized spacial score (nSPS) is 27.2. The third-order valence-electron chi connectivity index (χ3n) is 4.09. The Hall–Kier alpha value is -0.770. The summed E-state index contributed by atoms with van der Waals surface area (Å²) in [5.41, 5.74) is 0.0695. The van der Waals surface area contributed by atoms with Crippen LogP contribution in [-0.2, 0) is 4.74 Å². The van der Waals surface area contributed by atoms with Crippen LogP contribution in [0.25, 0.3) is 0 Å². The first-order valence-electron chi connectivity index (χ1n) is 7.09. The monoisotopic (exact) mass is 254 g/mol. The molecule has 1 unspecified atom stereocenters. The molecule has 1 aliphatic heterocycles. The second-order valence-corrected chi connectivity index (χ2v) is 6.84. The first-order valence-corrected chi connectivity index (χ1v) is 7.09. The molecule has 1 aliphatic carbocycles. The van der Waals surface area contributed by atoms with Crippen molar-refractivity contribution in [2.45, 2.75) is 64.5 Å². The number of carbonyl (C=O) groups is 1. The van der Waals surface area contributed by atoms with Gasteiger partial charge in [-0.25, -0.2) is 4.79 Å². The van der Waals surface area contributed by atoms with E-state index in [-0.39, 0.29) is 6.09 Å². The molecule has 2 fully saturated rings. The maximum atomic E-state index is 11.7. The van der Waals surface area contributed by atoms with Crippen LogP contribution in [0.2, 0.25) is 0 Å². The van der Waals surface area contributed by atoms with E-state index in [4.69, 9.17) is 4.74 Å². The standard InChI is InChI=1S/C14H26N2O2/c1-13(2,3)18-12(17)16-11-4-5-14(10-11)6-8-15-9-7-14/h11,15H,4-10H2,1-3H3,(H,16,17). The Balaban J connectivity index is 1.80. The molecule has 1 saturated carbocycles. The van der Waals surface area contributed by atoms with Gasteiger partial charge in [-0.3, -0.25) is 0 Å². The zero-order valence-electron chi connectivity index (χ0n) is 11.8. The van der Waals surface area contributed by atoms with Crippen molar-refractivity contribution in [2.24, 2.45) is 5.41 Å². The van der Waals surface area contributed by atoms with E-state index in [0.29, 0.717) is 11.5 Å². The molecule has 2 rings (SSSR count). The summed E-state index contributed by atoms with van der Waals surface area (Å²) in [4.78, 5) is 11.7. The van der Waals surface area contributed by atoms with Gasteiger partial charge in [-0.05, 0) is 71.4 Å². The van der Waals surface area contributed by atoms with E-state index in [9.17, 15) is 4.79 Å². The lowest BCUT2D eigenvalue weighted by atomic mass is 9.77. The molecule has 1 spiro atoms. The second-order valence-electron chi connectivity index (χ2n) is 6.84. The van der Waals surface area contributed by atoms with Crippen LogP contribution in [0.5, 0.6) is 0 Å². The average Bonchev–Trinajstić information content (AvgIpc) is 2.59. The van der Waals surface area contributed by atoms with Crippen molar-refractivity contribution in [3.05, 3.63) is 0 Å². The predicted molar refractivity (Wildman–Crippen MR) is 71.5 cm³/mol. The largest absolute Gasteiger partial charge is 0.444 e. The van der Waals surface area contributed by atoms with Crippen LogP contribution in [0.4, 0.5) is 4.79 Å². The number of amides is 1. The quantitative estimate of drug-likeness (QED) is 0.755. The number of ether oxygens (including phenoxy) is 1. The summed E-state index contributed by atoms with van der Waals surface area (Å²) in [6.07, 6.45) is 5.69. The second kappa shape index (κ2) is 5.08. The lowest BCUT2D eigenvalue weighted by Gasteiger charge is -2.34. The van der Waals surface area contributed by atoms with Crippen molar-refractivity contribution < 1.29 is 9.53 Å². The van der Waals surface area contributed by atoms with E-state index in [1.807, 2.05) is 20.8 Å². The molecule has 4 heteroatoms. The molecule has 0 bridgehead atoms. The Morgan fingerprint density at radius 2 is 1.94 bits per heavy atom. The molecule has 0 radical (unpaired) electrons. The van der Waals surface area contributed by atoms with Crippen LogP contribution in [0.15, 0.2) is 0 Å². The molecule has 1 saturated heterocycles. The predicted octanol–water partition coefficient (Wildman–Crippen LogP) is 2.43. The number of rotatable bonds is 1. The average molecular weight is 254 g/mol. The van der Waals surface area contributed by atoms with E-state index in [0.717, 1.165) is 25.9 Å². The SMILES string of the molecule is CC(C)(C)OC(=O)NC1CCC2(CCNCC2)C1. The van der Waals surface area contributed by atoms with E-state index in [1.165, 1.54) is 19.3 Å². The van der Waals surface area contributed by atoms with Crippen LogP contribution in [0.1, 0.15) is 52.9 Å². The maximum absolute atomic E-state index is 11.7. The van der Waals surface area contributed by atoms with Crippen LogP contribution in [0, 0.1) is 5.41 Å². The number of carbonyl (C=O) groups excluding carboxylic acids is 1. The summed E-state index contributed by atoms with van der Waals surface area (Å²) in [7, 11) is 0.